The Kier molecular flexibility index (Phi) is 3.83. The molecule has 0 fully saturated rings. The van der Waals surface area contributed by atoms with Crippen LogP contribution >= 0.6 is 0 Å². The topological polar surface area (TPSA) is 12.0 Å². The SMILES string of the molecule is C[C@H](NCCF)c1ccc(F)cc1. The highest BCUT2D eigenvalue weighted by Crippen LogP contribution is 2.12. The number of alkyl halides is 1. The Balaban J connectivity index is 2.55. The van der Waals surface area contributed by atoms with E-state index in [9.17, 15) is 8.78 Å². The molecule has 0 aliphatic heterocycles. The first-order chi connectivity index (χ1) is 6.24. The van der Waals surface area contributed by atoms with Gasteiger partial charge >= 0.3 is 0 Å². The summed E-state index contributed by atoms with van der Waals surface area (Å²) in [5.74, 6) is -0.249. The Morgan fingerprint density at radius 1 is 1.31 bits per heavy atom. The number of benzene rings is 1. The first-order valence-electron chi connectivity index (χ1n) is 4.29. The van der Waals surface area contributed by atoms with E-state index in [2.05, 4.69) is 5.32 Å². The molecule has 0 bridgehead atoms. The van der Waals surface area contributed by atoms with Gasteiger partial charge in [-0.2, -0.15) is 0 Å². The van der Waals surface area contributed by atoms with Crippen LogP contribution in [0.15, 0.2) is 24.3 Å². The van der Waals surface area contributed by atoms with Gasteiger partial charge in [0.2, 0.25) is 0 Å². The number of halogens is 2. The molecule has 0 amide bonds. The average Bonchev–Trinajstić information content (AvgIpc) is 2.15. The van der Waals surface area contributed by atoms with E-state index in [-0.39, 0.29) is 18.5 Å². The van der Waals surface area contributed by atoms with E-state index in [0.717, 1.165) is 5.56 Å². The third kappa shape index (κ3) is 3.11. The van der Waals surface area contributed by atoms with Crippen LogP contribution in [0.3, 0.4) is 0 Å². The van der Waals surface area contributed by atoms with Crippen LogP contribution in [0, 0.1) is 5.82 Å². The van der Waals surface area contributed by atoms with E-state index in [1.165, 1.54) is 12.1 Å². The lowest BCUT2D eigenvalue weighted by Gasteiger charge is -2.12. The minimum Gasteiger partial charge on any atom is -0.308 e. The number of hydrogen-bond donors (Lipinski definition) is 1. The summed E-state index contributed by atoms with van der Waals surface area (Å²) in [6, 6.07) is 6.28. The van der Waals surface area contributed by atoms with Crippen molar-refractivity contribution in [2.24, 2.45) is 0 Å². The van der Waals surface area contributed by atoms with E-state index in [1.54, 1.807) is 12.1 Å². The molecule has 3 heteroatoms. The van der Waals surface area contributed by atoms with Crippen LogP contribution < -0.4 is 5.32 Å². The van der Waals surface area contributed by atoms with Gasteiger partial charge in [-0.05, 0) is 24.6 Å². The van der Waals surface area contributed by atoms with Crippen molar-refractivity contribution in [3.8, 4) is 0 Å². The van der Waals surface area contributed by atoms with Crippen molar-refractivity contribution in [3.63, 3.8) is 0 Å². The van der Waals surface area contributed by atoms with Gasteiger partial charge in [0.15, 0.2) is 0 Å². The summed E-state index contributed by atoms with van der Waals surface area (Å²) in [4.78, 5) is 0. The second-order valence-electron chi connectivity index (χ2n) is 2.92. The Bertz CT molecular complexity index is 246. The molecule has 1 rings (SSSR count). The predicted octanol–water partition coefficient (Wildman–Crippen LogP) is 2.45. The maximum absolute atomic E-state index is 12.5. The van der Waals surface area contributed by atoms with Gasteiger partial charge in [-0.15, -0.1) is 0 Å². The molecule has 0 aromatic heterocycles. The maximum Gasteiger partial charge on any atom is 0.123 e. The lowest BCUT2D eigenvalue weighted by molar-refractivity contribution is 0.444. The van der Waals surface area contributed by atoms with Gasteiger partial charge in [0.1, 0.15) is 12.5 Å². The lowest BCUT2D eigenvalue weighted by Crippen LogP contribution is -2.20. The largest absolute Gasteiger partial charge is 0.308 e. The molecule has 0 saturated heterocycles. The van der Waals surface area contributed by atoms with Gasteiger partial charge in [0.25, 0.3) is 0 Å². The molecule has 0 spiro atoms. The second-order valence-corrected chi connectivity index (χ2v) is 2.92. The molecule has 1 N–H and O–H groups in total. The fraction of sp³-hybridized carbons (Fsp3) is 0.400. The van der Waals surface area contributed by atoms with Crippen molar-refractivity contribution in [2.45, 2.75) is 13.0 Å². The molecule has 0 saturated carbocycles. The Hall–Kier alpha value is -0.960. The standard InChI is InChI=1S/C10H13F2N/c1-8(13-7-6-11)9-2-4-10(12)5-3-9/h2-5,8,13H,6-7H2,1H3/t8-/m0/s1. The van der Waals surface area contributed by atoms with Crippen molar-refractivity contribution in [1.29, 1.82) is 0 Å². The third-order valence-corrected chi connectivity index (χ3v) is 1.92. The van der Waals surface area contributed by atoms with Crippen molar-refractivity contribution in [3.05, 3.63) is 35.6 Å². The summed E-state index contributed by atoms with van der Waals surface area (Å²) < 4.78 is 24.3. The quantitative estimate of drug-likeness (QED) is 0.759. The average molecular weight is 185 g/mol. The Morgan fingerprint density at radius 3 is 2.46 bits per heavy atom. The van der Waals surface area contributed by atoms with E-state index >= 15 is 0 Å². The second kappa shape index (κ2) is 4.92. The minimum atomic E-state index is -0.383. The molecule has 0 aliphatic carbocycles. The molecule has 1 atom stereocenters. The van der Waals surface area contributed by atoms with Crippen LogP contribution in [-0.4, -0.2) is 13.2 Å². The fourth-order valence-corrected chi connectivity index (χ4v) is 1.14. The first-order valence-corrected chi connectivity index (χ1v) is 4.29. The highest BCUT2D eigenvalue weighted by molar-refractivity contribution is 5.19. The molecule has 72 valence electrons. The summed E-state index contributed by atoms with van der Waals surface area (Å²) in [6.07, 6.45) is 0. The Morgan fingerprint density at radius 2 is 1.92 bits per heavy atom. The van der Waals surface area contributed by atoms with Gasteiger partial charge in [-0.25, -0.2) is 8.78 Å². The summed E-state index contributed by atoms with van der Waals surface area (Å²) in [5, 5.41) is 2.97. The third-order valence-electron chi connectivity index (χ3n) is 1.92. The van der Waals surface area contributed by atoms with E-state index < -0.39 is 0 Å². The van der Waals surface area contributed by atoms with Crippen LogP contribution in [0.4, 0.5) is 8.78 Å². The van der Waals surface area contributed by atoms with E-state index in [0.29, 0.717) is 6.54 Å². The van der Waals surface area contributed by atoms with Crippen LogP contribution in [0.5, 0.6) is 0 Å². The van der Waals surface area contributed by atoms with Crippen LogP contribution in [0.25, 0.3) is 0 Å². The van der Waals surface area contributed by atoms with Crippen LogP contribution in [0.1, 0.15) is 18.5 Å². The Labute approximate surface area is 76.8 Å². The number of nitrogens with one attached hydrogen (secondary N) is 1. The molecule has 0 heterocycles. The summed E-state index contributed by atoms with van der Waals surface area (Å²) >= 11 is 0. The highest BCUT2D eigenvalue weighted by atomic mass is 19.1. The molecule has 0 aliphatic rings. The molecule has 0 radical (unpaired) electrons. The first kappa shape index (κ1) is 10.1. The van der Waals surface area contributed by atoms with E-state index in [1.807, 2.05) is 6.92 Å². The normalized spacial score (nSPS) is 12.8. The summed E-state index contributed by atoms with van der Waals surface area (Å²) in [5.41, 5.74) is 0.967. The molecule has 0 unspecified atom stereocenters. The van der Waals surface area contributed by atoms with Gasteiger partial charge < -0.3 is 5.32 Å². The zero-order valence-corrected chi connectivity index (χ0v) is 7.56. The van der Waals surface area contributed by atoms with Crippen molar-refractivity contribution in [1.82, 2.24) is 5.32 Å². The zero-order valence-electron chi connectivity index (χ0n) is 7.56. The zero-order chi connectivity index (χ0) is 9.68. The predicted molar refractivity (Wildman–Crippen MR) is 48.8 cm³/mol. The molecule has 1 aromatic carbocycles. The molecule has 1 nitrogen and oxygen atoms in total. The smallest absolute Gasteiger partial charge is 0.123 e. The van der Waals surface area contributed by atoms with Crippen molar-refractivity contribution in [2.75, 3.05) is 13.2 Å². The van der Waals surface area contributed by atoms with Gasteiger partial charge in [0.05, 0.1) is 0 Å². The van der Waals surface area contributed by atoms with Crippen molar-refractivity contribution < 1.29 is 8.78 Å². The number of rotatable bonds is 4. The van der Waals surface area contributed by atoms with Gasteiger partial charge in [-0.1, -0.05) is 12.1 Å². The minimum absolute atomic E-state index is 0.0661. The van der Waals surface area contributed by atoms with Gasteiger partial charge in [-0.3, -0.25) is 0 Å². The maximum atomic E-state index is 12.5. The monoisotopic (exact) mass is 185 g/mol. The van der Waals surface area contributed by atoms with Crippen LogP contribution in [-0.2, 0) is 0 Å². The fourth-order valence-electron chi connectivity index (χ4n) is 1.14. The van der Waals surface area contributed by atoms with Crippen LogP contribution in [0.2, 0.25) is 0 Å². The van der Waals surface area contributed by atoms with Gasteiger partial charge in [0, 0.05) is 12.6 Å². The molecule has 13 heavy (non-hydrogen) atoms. The molecular weight excluding hydrogens is 172 g/mol. The summed E-state index contributed by atoms with van der Waals surface area (Å²) in [6.45, 7) is 1.87. The number of hydrogen-bond acceptors (Lipinski definition) is 1. The lowest BCUT2D eigenvalue weighted by atomic mass is 10.1. The van der Waals surface area contributed by atoms with Crippen molar-refractivity contribution >= 4 is 0 Å². The molecular formula is C10H13F2N. The highest BCUT2D eigenvalue weighted by Gasteiger charge is 2.03. The summed E-state index contributed by atoms with van der Waals surface area (Å²) in [7, 11) is 0. The van der Waals surface area contributed by atoms with E-state index in [4.69, 9.17) is 0 Å². The molecule has 1 aromatic rings.